The number of nitrogens with zero attached hydrogens (tertiary/aromatic N) is 1. The second kappa shape index (κ2) is 5.05. The summed E-state index contributed by atoms with van der Waals surface area (Å²) in [5, 5.41) is 17.2. The molecule has 4 atom stereocenters. The van der Waals surface area contributed by atoms with Crippen LogP contribution in [0.3, 0.4) is 0 Å². The van der Waals surface area contributed by atoms with Gasteiger partial charge >= 0.3 is 12.0 Å². The van der Waals surface area contributed by atoms with Crippen LogP contribution in [0.5, 0.6) is 0 Å². The molecule has 0 radical (unpaired) electrons. The van der Waals surface area contributed by atoms with Gasteiger partial charge in [-0.15, -0.1) is 11.3 Å². The fourth-order valence-electron chi connectivity index (χ4n) is 3.55. The Labute approximate surface area is 120 Å². The molecule has 0 aliphatic heterocycles. The van der Waals surface area contributed by atoms with Gasteiger partial charge in [-0.25, -0.2) is 9.78 Å². The topological polar surface area (TPSA) is 91.3 Å². The van der Waals surface area contributed by atoms with Crippen molar-refractivity contribution in [3.8, 4) is 0 Å². The third-order valence-corrected chi connectivity index (χ3v) is 5.21. The van der Waals surface area contributed by atoms with Gasteiger partial charge in [0.1, 0.15) is 0 Å². The van der Waals surface area contributed by atoms with Gasteiger partial charge in [0, 0.05) is 11.4 Å². The normalized spacial score (nSPS) is 31.2. The predicted octanol–water partition coefficient (Wildman–Crippen LogP) is 2.07. The highest BCUT2D eigenvalue weighted by atomic mass is 32.1. The van der Waals surface area contributed by atoms with Crippen LogP contribution < -0.4 is 10.6 Å². The summed E-state index contributed by atoms with van der Waals surface area (Å²) < 4.78 is 0. The molecule has 108 valence electrons. The van der Waals surface area contributed by atoms with E-state index in [9.17, 15) is 14.7 Å². The molecule has 2 amide bonds. The summed E-state index contributed by atoms with van der Waals surface area (Å²) in [6.07, 6.45) is 2.89. The number of aryl methyl sites for hydroxylation is 1. The van der Waals surface area contributed by atoms with Gasteiger partial charge < -0.3 is 10.4 Å². The van der Waals surface area contributed by atoms with Gasteiger partial charge in [-0.3, -0.25) is 10.1 Å². The molecule has 20 heavy (non-hydrogen) atoms. The van der Waals surface area contributed by atoms with Crippen LogP contribution in [-0.2, 0) is 4.79 Å². The molecule has 4 unspecified atom stereocenters. The van der Waals surface area contributed by atoms with E-state index in [1.54, 1.807) is 0 Å². The van der Waals surface area contributed by atoms with Crippen LogP contribution in [0.2, 0.25) is 0 Å². The zero-order valence-electron chi connectivity index (χ0n) is 11.1. The molecular weight excluding hydrogens is 278 g/mol. The van der Waals surface area contributed by atoms with Gasteiger partial charge in [-0.1, -0.05) is 0 Å². The van der Waals surface area contributed by atoms with E-state index in [2.05, 4.69) is 15.6 Å². The first kappa shape index (κ1) is 13.4. The summed E-state index contributed by atoms with van der Waals surface area (Å²) in [5.41, 5.74) is 0.855. The fraction of sp³-hybridized carbons (Fsp3) is 0.615. The number of aliphatic carboxylic acids is 1. The van der Waals surface area contributed by atoms with Crippen molar-refractivity contribution >= 4 is 28.5 Å². The Bertz CT molecular complexity index is 545. The van der Waals surface area contributed by atoms with E-state index >= 15 is 0 Å². The van der Waals surface area contributed by atoms with Crippen LogP contribution in [0.15, 0.2) is 5.38 Å². The molecule has 6 nitrogen and oxygen atoms in total. The summed E-state index contributed by atoms with van der Waals surface area (Å²) >= 11 is 1.36. The van der Waals surface area contributed by atoms with E-state index in [0.717, 1.165) is 25.0 Å². The first-order valence-electron chi connectivity index (χ1n) is 6.77. The number of amides is 2. The summed E-state index contributed by atoms with van der Waals surface area (Å²) in [7, 11) is 0. The molecular formula is C13H17N3O3S. The average molecular weight is 295 g/mol. The van der Waals surface area contributed by atoms with Gasteiger partial charge in [0.05, 0.1) is 11.6 Å². The Morgan fingerprint density at radius 3 is 2.80 bits per heavy atom. The lowest BCUT2D eigenvalue weighted by atomic mass is 9.84. The number of carboxylic acid groups (broad SMARTS) is 1. The van der Waals surface area contributed by atoms with Gasteiger partial charge in [-0.2, -0.15) is 0 Å². The Hall–Kier alpha value is -1.63. The molecule has 0 saturated heterocycles. The highest BCUT2D eigenvalue weighted by Gasteiger charge is 2.51. The number of rotatable bonds is 3. The number of carboxylic acids is 1. The van der Waals surface area contributed by atoms with Crippen molar-refractivity contribution < 1.29 is 14.7 Å². The lowest BCUT2D eigenvalue weighted by molar-refractivity contribution is -0.144. The Morgan fingerprint density at radius 2 is 2.15 bits per heavy atom. The number of carbonyl (C=O) groups excluding carboxylic acids is 1. The maximum atomic E-state index is 12.0. The first-order chi connectivity index (χ1) is 9.54. The molecule has 7 heteroatoms. The van der Waals surface area contributed by atoms with E-state index in [1.807, 2.05) is 12.3 Å². The summed E-state index contributed by atoms with van der Waals surface area (Å²) in [6.45, 7) is 1.86. The monoisotopic (exact) mass is 295 g/mol. The molecule has 2 aliphatic rings. The van der Waals surface area contributed by atoms with E-state index in [1.165, 1.54) is 11.3 Å². The zero-order chi connectivity index (χ0) is 14.3. The minimum absolute atomic E-state index is 0.213. The molecule has 2 saturated carbocycles. The minimum Gasteiger partial charge on any atom is -0.481 e. The van der Waals surface area contributed by atoms with Crippen molar-refractivity contribution in [2.75, 3.05) is 5.32 Å². The molecule has 1 aromatic rings. The van der Waals surface area contributed by atoms with Gasteiger partial charge in [0.15, 0.2) is 5.13 Å². The third-order valence-electron chi connectivity index (χ3n) is 4.34. The zero-order valence-corrected chi connectivity index (χ0v) is 11.9. The number of carbonyl (C=O) groups is 2. The van der Waals surface area contributed by atoms with Gasteiger partial charge in [0.2, 0.25) is 0 Å². The van der Waals surface area contributed by atoms with Gasteiger partial charge in [-0.05, 0) is 38.0 Å². The van der Waals surface area contributed by atoms with Crippen molar-refractivity contribution in [3.63, 3.8) is 0 Å². The Morgan fingerprint density at radius 1 is 1.40 bits per heavy atom. The lowest BCUT2D eigenvalue weighted by Gasteiger charge is -2.28. The van der Waals surface area contributed by atoms with Crippen LogP contribution >= 0.6 is 11.3 Å². The number of hydrogen-bond donors (Lipinski definition) is 3. The lowest BCUT2D eigenvalue weighted by Crippen LogP contribution is -2.48. The molecule has 2 bridgehead atoms. The van der Waals surface area contributed by atoms with E-state index in [-0.39, 0.29) is 18.0 Å². The molecule has 2 fully saturated rings. The average Bonchev–Trinajstić information content (AvgIpc) is 3.04. The summed E-state index contributed by atoms with van der Waals surface area (Å²) in [6, 6.07) is -0.615. The molecule has 0 spiro atoms. The fourth-order valence-corrected chi connectivity index (χ4v) is 4.23. The van der Waals surface area contributed by atoms with Crippen molar-refractivity contribution in [2.45, 2.75) is 32.2 Å². The van der Waals surface area contributed by atoms with E-state index in [4.69, 9.17) is 0 Å². The summed E-state index contributed by atoms with van der Waals surface area (Å²) in [4.78, 5) is 27.5. The van der Waals surface area contributed by atoms with Crippen molar-refractivity contribution in [1.82, 2.24) is 10.3 Å². The maximum Gasteiger partial charge on any atom is 0.321 e. The number of hydrogen-bond acceptors (Lipinski definition) is 4. The smallest absolute Gasteiger partial charge is 0.321 e. The molecule has 3 N–H and O–H groups in total. The van der Waals surface area contributed by atoms with Crippen LogP contribution in [-0.4, -0.2) is 28.1 Å². The Kier molecular flexibility index (Phi) is 3.37. The quantitative estimate of drug-likeness (QED) is 0.796. The number of fused-ring (bicyclic) bond motifs is 2. The van der Waals surface area contributed by atoms with E-state index in [0.29, 0.717) is 11.0 Å². The van der Waals surface area contributed by atoms with Crippen LogP contribution in [0.1, 0.15) is 25.0 Å². The Balaban J connectivity index is 1.64. The minimum atomic E-state index is -0.799. The predicted molar refractivity (Wildman–Crippen MR) is 74.8 cm³/mol. The molecule has 0 aromatic carbocycles. The van der Waals surface area contributed by atoms with Crippen LogP contribution in [0.4, 0.5) is 9.93 Å². The van der Waals surface area contributed by atoms with Crippen molar-refractivity contribution in [2.24, 2.45) is 17.8 Å². The summed E-state index contributed by atoms with van der Waals surface area (Å²) in [5.74, 6) is -0.736. The SMILES string of the molecule is Cc1csc(NC(=O)NC2C3CCC(C3)C2C(=O)O)n1. The number of thiazole rings is 1. The highest BCUT2D eigenvalue weighted by molar-refractivity contribution is 7.13. The van der Waals surface area contributed by atoms with Crippen molar-refractivity contribution in [1.29, 1.82) is 0 Å². The molecule has 2 aliphatic carbocycles. The third kappa shape index (κ3) is 2.37. The molecule has 3 rings (SSSR count). The first-order valence-corrected chi connectivity index (χ1v) is 7.65. The number of nitrogens with one attached hydrogen (secondary N) is 2. The second-order valence-electron chi connectivity index (χ2n) is 5.62. The largest absolute Gasteiger partial charge is 0.481 e. The number of aromatic nitrogens is 1. The second-order valence-corrected chi connectivity index (χ2v) is 6.47. The number of anilines is 1. The van der Waals surface area contributed by atoms with Crippen molar-refractivity contribution in [3.05, 3.63) is 11.1 Å². The van der Waals surface area contributed by atoms with Crippen LogP contribution in [0, 0.1) is 24.7 Å². The number of urea groups is 1. The maximum absolute atomic E-state index is 12.0. The van der Waals surface area contributed by atoms with E-state index < -0.39 is 11.9 Å². The molecule has 1 aromatic heterocycles. The molecule has 1 heterocycles. The highest BCUT2D eigenvalue weighted by Crippen LogP contribution is 2.48. The van der Waals surface area contributed by atoms with Crippen LogP contribution in [0.25, 0.3) is 0 Å². The standard InChI is InChI=1S/C13H17N3O3S/c1-6-5-20-13(14-6)16-12(19)15-10-8-3-2-7(4-8)9(10)11(17)18/h5,7-10H,2-4H2,1H3,(H,17,18)(H2,14,15,16,19). The van der Waals surface area contributed by atoms with Gasteiger partial charge in [0.25, 0.3) is 0 Å².